The molecule has 2 nitrogen and oxygen atoms in total. The van der Waals surface area contributed by atoms with Gasteiger partial charge in [0.05, 0.1) is 17.8 Å². The average molecular weight is 395 g/mol. The van der Waals surface area contributed by atoms with E-state index in [0.717, 1.165) is 23.8 Å². The molecule has 1 aromatic heterocycles. The lowest BCUT2D eigenvalue weighted by molar-refractivity contribution is 0.163. The van der Waals surface area contributed by atoms with Crippen molar-refractivity contribution in [2.45, 2.75) is 129 Å². The summed E-state index contributed by atoms with van der Waals surface area (Å²) >= 11 is 0. The minimum Gasteiger partial charge on any atom is -0.474 e. The lowest BCUT2D eigenvalue weighted by atomic mass is 10.0. The van der Waals surface area contributed by atoms with Crippen molar-refractivity contribution in [3.63, 3.8) is 0 Å². The molecule has 0 amide bonds. The number of aliphatic hydroxyl groups excluding tert-OH is 1. The highest BCUT2D eigenvalue weighted by Crippen LogP contribution is 2.37. The number of hydrogen-bond acceptors (Lipinski definition) is 2. The van der Waals surface area contributed by atoms with Gasteiger partial charge < -0.3 is 9.52 Å². The first-order valence-electron chi connectivity index (χ1n) is 11.5. The van der Waals surface area contributed by atoms with Crippen LogP contribution in [0, 0.1) is 0 Å². The van der Waals surface area contributed by atoms with Crippen molar-refractivity contribution in [3.05, 3.63) is 17.9 Å². The molecule has 0 aliphatic heterocycles. The zero-order valence-electron chi connectivity index (χ0n) is 19.1. The van der Waals surface area contributed by atoms with Crippen molar-refractivity contribution >= 4 is 13.5 Å². The van der Waals surface area contributed by atoms with E-state index >= 15 is 0 Å². The summed E-state index contributed by atoms with van der Waals surface area (Å²) < 4.78 is 5.89. The van der Waals surface area contributed by atoms with E-state index in [4.69, 9.17) is 4.42 Å². The minimum atomic E-state index is -1.74. The Hall–Kier alpha value is -0.543. The smallest absolute Gasteiger partial charge is 0.132 e. The Morgan fingerprint density at radius 1 is 0.889 bits per heavy atom. The van der Waals surface area contributed by atoms with Gasteiger partial charge in [0.2, 0.25) is 0 Å². The first-order valence-corrected chi connectivity index (χ1v) is 14.5. The van der Waals surface area contributed by atoms with Crippen molar-refractivity contribution in [1.82, 2.24) is 0 Å². The Labute approximate surface area is 170 Å². The fraction of sp³-hybridized carbons (Fsp3) is 0.833. The van der Waals surface area contributed by atoms with Gasteiger partial charge in [0.15, 0.2) is 0 Å². The molecule has 0 radical (unpaired) electrons. The highest BCUT2D eigenvalue weighted by molar-refractivity contribution is 6.91. The summed E-state index contributed by atoms with van der Waals surface area (Å²) in [4.78, 5) is 0. The second-order valence-electron chi connectivity index (χ2n) is 9.92. The summed E-state index contributed by atoms with van der Waals surface area (Å²) in [6.07, 6.45) is 17.0. The van der Waals surface area contributed by atoms with Crippen LogP contribution in [-0.4, -0.2) is 13.2 Å². The van der Waals surface area contributed by atoms with Gasteiger partial charge in [-0.25, -0.2) is 0 Å². The monoisotopic (exact) mass is 394 g/mol. The predicted molar refractivity (Wildman–Crippen MR) is 122 cm³/mol. The number of aliphatic hydroxyl groups is 1. The molecule has 0 fully saturated rings. The van der Waals surface area contributed by atoms with Crippen LogP contribution >= 0.6 is 0 Å². The Morgan fingerprint density at radius 2 is 1.37 bits per heavy atom. The van der Waals surface area contributed by atoms with Crippen molar-refractivity contribution in [2.75, 3.05) is 0 Å². The van der Waals surface area contributed by atoms with Gasteiger partial charge in [-0.2, -0.15) is 0 Å². The quantitative estimate of drug-likeness (QED) is 0.259. The maximum absolute atomic E-state index is 10.7. The first kappa shape index (κ1) is 24.5. The average Bonchev–Trinajstić information content (AvgIpc) is 3.09. The Bertz CT molecular complexity index is 499. The molecular formula is C24H46O2Si. The van der Waals surface area contributed by atoms with Gasteiger partial charge in [-0.05, 0) is 17.5 Å². The topological polar surface area (TPSA) is 33.4 Å². The van der Waals surface area contributed by atoms with Crippen LogP contribution in [0.1, 0.15) is 116 Å². The zero-order chi connectivity index (χ0) is 20.3. The van der Waals surface area contributed by atoms with Crippen molar-refractivity contribution in [1.29, 1.82) is 0 Å². The Kier molecular flexibility index (Phi) is 11.0. The van der Waals surface area contributed by atoms with E-state index in [1.807, 2.05) is 6.07 Å². The molecule has 1 aromatic rings. The summed E-state index contributed by atoms with van der Waals surface area (Å²) in [5, 5.41) is 12.0. The van der Waals surface area contributed by atoms with Crippen LogP contribution < -0.4 is 5.38 Å². The molecule has 0 bridgehead atoms. The number of hydrogen-bond donors (Lipinski definition) is 1. The van der Waals surface area contributed by atoms with Crippen LogP contribution in [0.3, 0.4) is 0 Å². The molecule has 27 heavy (non-hydrogen) atoms. The predicted octanol–water partition coefficient (Wildman–Crippen LogP) is 7.73. The minimum absolute atomic E-state index is 0.218. The number of rotatable bonds is 14. The molecule has 158 valence electrons. The highest BCUT2D eigenvalue weighted by Gasteiger charge is 2.42. The molecule has 0 saturated carbocycles. The molecule has 0 aromatic carbocycles. The molecule has 1 heterocycles. The van der Waals surface area contributed by atoms with Crippen molar-refractivity contribution in [2.24, 2.45) is 0 Å². The maximum atomic E-state index is 10.7. The molecule has 1 rings (SSSR count). The summed E-state index contributed by atoms with van der Waals surface area (Å²) in [6, 6.07) is 2.00. The highest BCUT2D eigenvalue weighted by atomic mass is 28.3. The van der Waals surface area contributed by atoms with Gasteiger partial charge in [-0.1, -0.05) is 111 Å². The summed E-state index contributed by atoms with van der Waals surface area (Å²) in [7, 11) is -1.74. The van der Waals surface area contributed by atoms with E-state index < -0.39 is 8.07 Å². The first-order chi connectivity index (χ1) is 12.7. The van der Waals surface area contributed by atoms with Crippen LogP contribution in [0.5, 0.6) is 0 Å². The van der Waals surface area contributed by atoms with Crippen LogP contribution in [0.25, 0.3) is 0 Å². The van der Waals surface area contributed by atoms with Crippen LogP contribution in [0.4, 0.5) is 0 Å². The third kappa shape index (κ3) is 8.15. The van der Waals surface area contributed by atoms with E-state index in [1.165, 1.54) is 64.2 Å². The lowest BCUT2D eigenvalue weighted by Gasteiger charge is -2.36. The van der Waals surface area contributed by atoms with E-state index in [0.29, 0.717) is 0 Å². The van der Waals surface area contributed by atoms with Crippen LogP contribution in [0.2, 0.25) is 18.1 Å². The van der Waals surface area contributed by atoms with E-state index in [-0.39, 0.29) is 11.1 Å². The summed E-state index contributed by atoms with van der Waals surface area (Å²) in [6.45, 7) is 13.9. The molecule has 1 unspecified atom stereocenters. The Balaban J connectivity index is 2.25. The standard InChI is InChI=1S/C24H46O2Si/c1-7-8-9-10-11-12-13-14-15-16-17-18-22(25)21-19-20-26-23(21)27(5,6)24(2,3)4/h19-20,22,25H,7-18H2,1-6H3. The molecule has 3 heteroatoms. The van der Waals surface area contributed by atoms with E-state index in [2.05, 4.69) is 40.8 Å². The molecular weight excluding hydrogens is 348 g/mol. The summed E-state index contributed by atoms with van der Waals surface area (Å²) in [5.41, 5.74) is 1.05. The second kappa shape index (κ2) is 12.1. The Morgan fingerprint density at radius 3 is 1.85 bits per heavy atom. The second-order valence-corrected chi connectivity index (χ2v) is 15.1. The van der Waals surface area contributed by atoms with Gasteiger partial charge in [0.25, 0.3) is 0 Å². The largest absolute Gasteiger partial charge is 0.474 e. The van der Waals surface area contributed by atoms with Gasteiger partial charge in [0.1, 0.15) is 8.07 Å². The van der Waals surface area contributed by atoms with E-state index in [9.17, 15) is 5.11 Å². The van der Waals surface area contributed by atoms with Crippen LogP contribution in [-0.2, 0) is 0 Å². The van der Waals surface area contributed by atoms with Gasteiger partial charge in [-0.15, -0.1) is 0 Å². The van der Waals surface area contributed by atoms with E-state index in [1.54, 1.807) is 6.26 Å². The number of unbranched alkanes of at least 4 members (excludes halogenated alkanes) is 10. The fourth-order valence-corrected chi connectivity index (χ4v) is 5.60. The number of furan rings is 1. The fourth-order valence-electron chi connectivity index (χ4n) is 3.59. The van der Waals surface area contributed by atoms with Crippen molar-refractivity contribution in [3.8, 4) is 0 Å². The van der Waals surface area contributed by atoms with Crippen LogP contribution in [0.15, 0.2) is 16.7 Å². The third-order valence-electron chi connectivity index (χ3n) is 6.58. The van der Waals surface area contributed by atoms with Crippen molar-refractivity contribution < 1.29 is 9.52 Å². The molecule has 0 aliphatic rings. The van der Waals surface area contributed by atoms with Gasteiger partial charge >= 0.3 is 0 Å². The summed E-state index contributed by atoms with van der Waals surface area (Å²) in [5.74, 6) is 0. The molecule has 0 aliphatic carbocycles. The molecule has 0 saturated heterocycles. The maximum Gasteiger partial charge on any atom is 0.132 e. The molecule has 0 spiro atoms. The zero-order valence-corrected chi connectivity index (χ0v) is 20.1. The lowest BCUT2D eigenvalue weighted by Crippen LogP contribution is -2.50. The van der Waals surface area contributed by atoms with Gasteiger partial charge in [-0.3, -0.25) is 0 Å². The molecule has 1 atom stereocenters. The third-order valence-corrected chi connectivity index (χ3v) is 11.9. The normalized spacial score (nSPS) is 13.9. The SMILES string of the molecule is CCCCCCCCCCCCCC(O)c1ccoc1[Si](C)(C)C(C)(C)C. The molecule has 1 N–H and O–H groups in total. The van der Waals surface area contributed by atoms with Gasteiger partial charge in [0, 0.05) is 5.56 Å².